The first-order valence-electron chi connectivity index (χ1n) is 8.11. The SMILES string of the molecule is CCCCCCCCCCNC(CC)c1ncc[nH]1. The molecule has 0 amide bonds. The second kappa shape index (κ2) is 11.0. The zero-order valence-corrected chi connectivity index (χ0v) is 12.8. The standard InChI is InChI=1S/C16H31N3/c1-3-5-6-7-8-9-10-11-12-17-15(4-2)16-18-13-14-19-16/h13-15,17H,3-12H2,1-2H3,(H,18,19). The van der Waals surface area contributed by atoms with Gasteiger partial charge in [0.2, 0.25) is 0 Å². The molecule has 3 nitrogen and oxygen atoms in total. The van der Waals surface area contributed by atoms with E-state index in [4.69, 9.17) is 0 Å². The van der Waals surface area contributed by atoms with Gasteiger partial charge in [-0.2, -0.15) is 0 Å². The molecule has 19 heavy (non-hydrogen) atoms. The van der Waals surface area contributed by atoms with Crippen LogP contribution in [0.15, 0.2) is 12.4 Å². The lowest BCUT2D eigenvalue weighted by Gasteiger charge is -2.14. The van der Waals surface area contributed by atoms with E-state index in [-0.39, 0.29) is 0 Å². The molecule has 1 unspecified atom stereocenters. The zero-order valence-electron chi connectivity index (χ0n) is 12.8. The van der Waals surface area contributed by atoms with Crippen LogP contribution in [0, 0.1) is 0 Å². The summed E-state index contributed by atoms with van der Waals surface area (Å²) in [5.74, 6) is 1.07. The Bertz CT molecular complexity index is 282. The van der Waals surface area contributed by atoms with Crippen LogP contribution in [-0.4, -0.2) is 16.5 Å². The van der Waals surface area contributed by atoms with Gasteiger partial charge in [-0.1, -0.05) is 58.8 Å². The molecule has 0 aliphatic heterocycles. The number of rotatable bonds is 12. The summed E-state index contributed by atoms with van der Waals surface area (Å²) in [6.07, 6.45) is 15.8. The van der Waals surface area contributed by atoms with Crippen molar-refractivity contribution >= 4 is 0 Å². The molecule has 1 aromatic heterocycles. The van der Waals surface area contributed by atoms with Crippen LogP contribution in [0.4, 0.5) is 0 Å². The minimum absolute atomic E-state index is 0.388. The highest BCUT2D eigenvalue weighted by molar-refractivity contribution is 4.94. The van der Waals surface area contributed by atoms with Crippen LogP contribution in [0.1, 0.15) is 83.5 Å². The first-order chi connectivity index (χ1) is 9.38. The van der Waals surface area contributed by atoms with Crippen molar-refractivity contribution in [2.75, 3.05) is 6.54 Å². The van der Waals surface area contributed by atoms with Crippen molar-refractivity contribution in [2.24, 2.45) is 0 Å². The molecule has 1 rings (SSSR count). The number of aromatic nitrogens is 2. The lowest BCUT2D eigenvalue weighted by atomic mass is 10.1. The van der Waals surface area contributed by atoms with Crippen LogP contribution >= 0.6 is 0 Å². The van der Waals surface area contributed by atoms with Crippen LogP contribution in [0.3, 0.4) is 0 Å². The smallest absolute Gasteiger partial charge is 0.123 e. The third-order valence-electron chi connectivity index (χ3n) is 3.68. The molecule has 0 saturated carbocycles. The van der Waals surface area contributed by atoms with Crippen molar-refractivity contribution in [3.63, 3.8) is 0 Å². The summed E-state index contributed by atoms with van der Waals surface area (Å²) in [7, 11) is 0. The molecule has 0 aliphatic carbocycles. The van der Waals surface area contributed by atoms with Gasteiger partial charge < -0.3 is 10.3 Å². The van der Waals surface area contributed by atoms with E-state index in [2.05, 4.69) is 29.1 Å². The average Bonchev–Trinajstić information content (AvgIpc) is 2.95. The van der Waals surface area contributed by atoms with Crippen molar-refractivity contribution in [3.05, 3.63) is 18.2 Å². The summed E-state index contributed by atoms with van der Waals surface area (Å²) in [5.41, 5.74) is 0. The van der Waals surface area contributed by atoms with Gasteiger partial charge in [0.05, 0.1) is 6.04 Å². The Morgan fingerprint density at radius 1 is 1.05 bits per heavy atom. The van der Waals surface area contributed by atoms with E-state index in [1.54, 1.807) is 0 Å². The fraction of sp³-hybridized carbons (Fsp3) is 0.812. The maximum atomic E-state index is 4.33. The molecular formula is C16H31N3. The normalized spacial score (nSPS) is 12.7. The van der Waals surface area contributed by atoms with Crippen molar-refractivity contribution in [2.45, 2.75) is 77.7 Å². The third-order valence-corrected chi connectivity index (χ3v) is 3.68. The molecule has 3 heteroatoms. The Balaban J connectivity index is 1.95. The van der Waals surface area contributed by atoms with E-state index in [0.29, 0.717) is 6.04 Å². The summed E-state index contributed by atoms with van der Waals surface area (Å²) in [4.78, 5) is 7.52. The van der Waals surface area contributed by atoms with Crippen LogP contribution in [0.2, 0.25) is 0 Å². The van der Waals surface area contributed by atoms with Crippen molar-refractivity contribution in [3.8, 4) is 0 Å². The summed E-state index contributed by atoms with van der Waals surface area (Å²) < 4.78 is 0. The fourth-order valence-electron chi connectivity index (χ4n) is 2.44. The number of nitrogens with zero attached hydrogens (tertiary/aromatic N) is 1. The van der Waals surface area contributed by atoms with E-state index in [0.717, 1.165) is 18.8 Å². The van der Waals surface area contributed by atoms with Gasteiger partial charge in [0.1, 0.15) is 5.82 Å². The topological polar surface area (TPSA) is 40.7 Å². The Kier molecular flexibility index (Phi) is 9.42. The molecule has 0 spiro atoms. The Labute approximate surface area is 118 Å². The van der Waals surface area contributed by atoms with E-state index >= 15 is 0 Å². The number of aromatic amines is 1. The summed E-state index contributed by atoms with van der Waals surface area (Å²) in [6, 6.07) is 0.388. The highest BCUT2D eigenvalue weighted by atomic mass is 15.0. The predicted octanol–water partition coefficient (Wildman–Crippen LogP) is 4.59. The van der Waals surface area contributed by atoms with E-state index in [1.165, 1.54) is 51.4 Å². The molecular weight excluding hydrogens is 234 g/mol. The fourth-order valence-corrected chi connectivity index (χ4v) is 2.44. The first-order valence-corrected chi connectivity index (χ1v) is 8.11. The third kappa shape index (κ3) is 7.36. The van der Waals surface area contributed by atoms with E-state index < -0.39 is 0 Å². The summed E-state index contributed by atoms with van der Waals surface area (Å²) in [5, 5.41) is 3.59. The lowest BCUT2D eigenvalue weighted by Crippen LogP contribution is -2.22. The van der Waals surface area contributed by atoms with Gasteiger partial charge in [0.25, 0.3) is 0 Å². The molecule has 1 atom stereocenters. The van der Waals surface area contributed by atoms with Gasteiger partial charge in [0, 0.05) is 12.4 Å². The number of nitrogens with one attached hydrogen (secondary N) is 2. The van der Waals surface area contributed by atoms with E-state index in [9.17, 15) is 0 Å². The molecule has 0 aliphatic rings. The van der Waals surface area contributed by atoms with Gasteiger partial charge >= 0.3 is 0 Å². The Morgan fingerprint density at radius 3 is 2.32 bits per heavy atom. The minimum atomic E-state index is 0.388. The van der Waals surface area contributed by atoms with Crippen LogP contribution in [0.25, 0.3) is 0 Å². The maximum Gasteiger partial charge on any atom is 0.123 e. The number of imidazole rings is 1. The van der Waals surface area contributed by atoms with Crippen molar-refractivity contribution in [1.29, 1.82) is 0 Å². The van der Waals surface area contributed by atoms with Gasteiger partial charge in [-0.05, 0) is 19.4 Å². The molecule has 1 heterocycles. The molecule has 0 saturated heterocycles. The van der Waals surface area contributed by atoms with Crippen molar-refractivity contribution in [1.82, 2.24) is 15.3 Å². The highest BCUT2D eigenvalue weighted by Crippen LogP contribution is 2.12. The molecule has 1 aromatic rings. The number of hydrogen-bond donors (Lipinski definition) is 2. The molecule has 110 valence electrons. The van der Waals surface area contributed by atoms with Gasteiger partial charge in [0.15, 0.2) is 0 Å². The van der Waals surface area contributed by atoms with Crippen LogP contribution in [0.5, 0.6) is 0 Å². The number of unbranched alkanes of at least 4 members (excludes halogenated alkanes) is 7. The number of hydrogen-bond acceptors (Lipinski definition) is 2. The monoisotopic (exact) mass is 265 g/mol. The second-order valence-corrected chi connectivity index (χ2v) is 5.36. The van der Waals surface area contributed by atoms with E-state index in [1.807, 2.05) is 12.4 Å². The maximum absolute atomic E-state index is 4.33. The van der Waals surface area contributed by atoms with Crippen LogP contribution < -0.4 is 5.32 Å². The zero-order chi connectivity index (χ0) is 13.8. The van der Waals surface area contributed by atoms with Gasteiger partial charge in [-0.25, -0.2) is 4.98 Å². The lowest BCUT2D eigenvalue weighted by molar-refractivity contribution is 0.476. The largest absolute Gasteiger partial charge is 0.347 e. The Hall–Kier alpha value is -0.830. The van der Waals surface area contributed by atoms with Gasteiger partial charge in [-0.15, -0.1) is 0 Å². The summed E-state index contributed by atoms with van der Waals surface area (Å²) >= 11 is 0. The second-order valence-electron chi connectivity index (χ2n) is 5.36. The average molecular weight is 265 g/mol. The molecule has 0 fully saturated rings. The highest BCUT2D eigenvalue weighted by Gasteiger charge is 2.09. The molecule has 0 bridgehead atoms. The van der Waals surface area contributed by atoms with Crippen LogP contribution in [-0.2, 0) is 0 Å². The van der Waals surface area contributed by atoms with Gasteiger partial charge in [-0.3, -0.25) is 0 Å². The van der Waals surface area contributed by atoms with Crippen molar-refractivity contribution < 1.29 is 0 Å². The molecule has 0 aromatic carbocycles. The summed E-state index contributed by atoms with van der Waals surface area (Å²) in [6.45, 7) is 5.58. The number of H-pyrrole nitrogens is 1. The predicted molar refractivity (Wildman–Crippen MR) is 82.2 cm³/mol. The quantitative estimate of drug-likeness (QED) is 0.543. The first kappa shape index (κ1) is 16.2. The molecule has 0 radical (unpaired) electrons. The Morgan fingerprint density at radius 2 is 1.74 bits per heavy atom. The minimum Gasteiger partial charge on any atom is -0.347 e. The molecule has 2 N–H and O–H groups in total.